The number of rotatable bonds is 1. The summed E-state index contributed by atoms with van der Waals surface area (Å²) in [4.78, 5) is 2.61. The van der Waals surface area contributed by atoms with Crippen LogP contribution >= 0.6 is 0 Å². The highest BCUT2D eigenvalue weighted by Gasteiger charge is 2.51. The highest BCUT2D eigenvalue weighted by Crippen LogP contribution is 2.45. The van der Waals surface area contributed by atoms with Gasteiger partial charge in [0, 0.05) is 12.1 Å². The molecule has 1 aliphatic heterocycles. The van der Waals surface area contributed by atoms with Crippen LogP contribution in [0.5, 0.6) is 0 Å². The second-order valence-corrected chi connectivity index (χ2v) is 3.45. The van der Waals surface area contributed by atoms with E-state index in [0.29, 0.717) is 0 Å². The first-order valence-corrected chi connectivity index (χ1v) is 4.12. The van der Waals surface area contributed by atoms with Gasteiger partial charge in [0.2, 0.25) is 0 Å². The Hall–Kier alpha value is -0.0400. The van der Waals surface area contributed by atoms with Crippen LogP contribution in [0.4, 0.5) is 0 Å². The second-order valence-electron chi connectivity index (χ2n) is 3.45. The van der Waals surface area contributed by atoms with Crippen molar-refractivity contribution in [3.8, 4) is 0 Å². The van der Waals surface area contributed by atoms with Crippen molar-refractivity contribution in [1.82, 2.24) is 4.90 Å². The van der Waals surface area contributed by atoms with Gasteiger partial charge in [-0.05, 0) is 19.4 Å². The third-order valence-electron chi connectivity index (χ3n) is 2.97. The lowest BCUT2D eigenvalue weighted by molar-refractivity contribution is 0.426. The number of hydrogen-bond acceptors (Lipinski definition) is 1. The van der Waals surface area contributed by atoms with E-state index in [1.165, 1.54) is 38.8 Å². The van der Waals surface area contributed by atoms with Gasteiger partial charge in [0.05, 0.1) is 0 Å². The number of likely N-dealkylation sites (N-methyl/N-ethyl adjacent to an activating group) is 1. The zero-order valence-corrected chi connectivity index (χ0v) is 6.19. The molecule has 0 radical (unpaired) electrons. The molecule has 2 fully saturated rings. The second kappa shape index (κ2) is 1.72. The van der Waals surface area contributed by atoms with E-state index in [-0.39, 0.29) is 0 Å². The Morgan fingerprint density at radius 3 is 2.44 bits per heavy atom. The van der Waals surface area contributed by atoms with E-state index in [2.05, 4.69) is 11.8 Å². The van der Waals surface area contributed by atoms with E-state index < -0.39 is 0 Å². The standard InChI is InChI=1S/C8H15N/c1-2-9-7-8(9)5-3-4-6-8/h2-7H2,1H3. The third-order valence-corrected chi connectivity index (χ3v) is 2.97. The Kier molecular flexibility index (Phi) is 1.10. The average molecular weight is 125 g/mol. The van der Waals surface area contributed by atoms with E-state index >= 15 is 0 Å². The van der Waals surface area contributed by atoms with Gasteiger partial charge in [0.15, 0.2) is 0 Å². The molecule has 2 aliphatic rings. The maximum atomic E-state index is 2.61. The molecule has 1 atom stereocenters. The van der Waals surface area contributed by atoms with Crippen molar-refractivity contribution in [3.63, 3.8) is 0 Å². The van der Waals surface area contributed by atoms with Crippen LogP contribution in [0.3, 0.4) is 0 Å². The van der Waals surface area contributed by atoms with Crippen LogP contribution in [0.2, 0.25) is 0 Å². The molecular weight excluding hydrogens is 110 g/mol. The number of nitrogens with zero attached hydrogens (tertiary/aromatic N) is 1. The molecule has 1 heteroatoms. The van der Waals surface area contributed by atoms with E-state index in [9.17, 15) is 0 Å². The highest BCUT2D eigenvalue weighted by atomic mass is 15.4. The molecule has 1 aliphatic carbocycles. The molecule has 2 rings (SSSR count). The Bertz CT molecular complexity index is 114. The Balaban J connectivity index is 1.97. The summed E-state index contributed by atoms with van der Waals surface area (Å²) in [7, 11) is 0. The van der Waals surface area contributed by atoms with Crippen LogP contribution in [0.25, 0.3) is 0 Å². The Morgan fingerprint density at radius 1 is 1.33 bits per heavy atom. The van der Waals surface area contributed by atoms with Gasteiger partial charge in [-0.25, -0.2) is 0 Å². The molecule has 0 N–H and O–H groups in total. The summed E-state index contributed by atoms with van der Waals surface area (Å²) in [6.07, 6.45) is 5.94. The van der Waals surface area contributed by atoms with Crippen LogP contribution in [-0.2, 0) is 0 Å². The van der Waals surface area contributed by atoms with E-state index in [0.717, 1.165) is 5.54 Å². The van der Waals surface area contributed by atoms with Crippen molar-refractivity contribution in [2.24, 2.45) is 0 Å². The summed E-state index contributed by atoms with van der Waals surface area (Å²) >= 11 is 0. The van der Waals surface area contributed by atoms with Crippen molar-refractivity contribution in [2.45, 2.75) is 38.1 Å². The topological polar surface area (TPSA) is 3.01 Å². The van der Waals surface area contributed by atoms with Crippen molar-refractivity contribution >= 4 is 0 Å². The fraction of sp³-hybridized carbons (Fsp3) is 1.00. The summed E-state index contributed by atoms with van der Waals surface area (Å²) in [5, 5.41) is 0. The van der Waals surface area contributed by atoms with Crippen molar-refractivity contribution in [1.29, 1.82) is 0 Å². The first kappa shape index (κ1) is 5.72. The average Bonchev–Trinajstić information content (AvgIpc) is 2.30. The minimum Gasteiger partial charge on any atom is -0.295 e. The quantitative estimate of drug-likeness (QED) is 0.481. The van der Waals surface area contributed by atoms with Crippen LogP contribution < -0.4 is 0 Å². The van der Waals surface area contributed by atoms with E-state index in [1.807, 2.05) is 0 Å². The van der Waals surface area contributed by atoms with Gasteiger partial charge in [-0.1, -0.05) is 19.8 Å². The van der Waals surface area contributed by atoms with Gasteiger partial charge >= 0.3 is 0 Å². The van der Waals surface area contributed by atoms with Crippen LogP contribution in [0, 0.1) is 0 Å². The third kappa shape index (κ3) is 0.710. The molecule has 1 saturated heterocycles. The molecule has 0 aromatic carbocycles. The lowest BCUT2D eigenvalue weighted by Crippen LogP contribution is -2.12. The van der Waals surface area contributed by atoms with Gasteiger partial charge < -0.3 is 0 Å². The van der Waals surface area contributed by atoms with Gasteiger partial charge in [-0.2, -0.15) is 0 Å². The minimum atomic E-state index is 0.745. The molecule has 1 nitrogen and oxygen atoms in total. The van der Waals surface area contributed by atoms with Crippen LogP contribution in [-0.4, -0.2) is 23.5 Å². The predicted octanol–water partition coefficient (Wildman–Crippen LogP) is 1.63. The molecule has 1 heterocycles. The first-order valence-electron chi connectivity index (χ1n) is 4.12. The smallest absolute Gasteiger partial charge is 0.0337 e. The maximum Gasteiger partial charge on any atom is 0.0337 e. The van der Waals surface area contributed by atoms with Gasteiger partial charge in [-0.3, -0.25) is 4.90 Å². The molecule has 0 amide bonds. The first-order chi connectivity index (χ1) is 4.37. The van der Waals surface area contributed by atoms with Crippen molar-refractivity contribution < 1.29 is 0 Å². The Labute approximate surface area is 57.0 Å². The predicted molar refractivity (Wildman–Crippen MR) is 38.4 cm³/mol. The monoisotopic (exact) mass is 125 g/mol. The maximum absolute atomic E-state index is 2.61. The van der Waals surface area contributed by atoms with Crippen LogP contribution in [0.15, 0.2) is 0 Å². The summed E-state index contributed by atoms with van der Waals surface area (Å²) in [5.74, 6) is 0. The molecule has 1 spiro atoms. The minimum absolute atomic E-state index is 0.745. The summed E-state index contributed by atoms with van der Waals surface area (Å²) in [6, 6.07) is 0. The Morgan fingerprint density at radius 2 is 2.00 bits per heavy atom. The van der Waals surface area contributed by atoms with Gasteiger partial charge in [0.25, 0.3) is 0 Å². The largest absolute Gasteiger partial charge is 0.295 e. The molecule has 1 saturated carbocycles. The molecule has 52 valence electrons. The molecule has 0 bridgehead atoms. The SMILES string of the molecule is CCN1CC12CCCC2. The van der Waals surface area contributed by atoms with Crippen molar-refractivity contribution in [3.05, 3.63) is 0 Å². The van der Waals surface area contributed by atoms with Gasteiger partial charge in [-0.15, -0.1) is 0 Å². The zero-order chi connectivity index (χ0) is 6.32. The fourth-order valence-corrected chi connectivity index (χ4v) is 2.27. The molecular formula is C8H15N. The molecule has 1 unspecified atom stereocenters. The van der Waals surface area contributed by atoms with Gasteiger partial charge in [0.1, 0.15) is 0 Å². The van der Waals surface area contributed by atoms with Crippen molar-refractivity contribution in [2.75, 3.05) is 13.1 Å². The normalized spacial score (nSPS) is 37.7. The zero-order valence-electron chi connectivity index (χ0n) is 6.19. The molecule has 0 aromatic heterocycles. The lowest BCUT2D eigenvalue weighted by atomic mass is 10.1. The van der Waals surface area contributed by atoms with E-state index in [1.54, 1.807) is 0 Å². The lowest BCUT2D eigenvalue weighted by Gasteiger charge is -2.05. The summed E-state index contributed by atoms with van der Waals surface area (Å²) in [6.45, 7) is 4.95. The number of hydrogen-bond donors (Lipinski definition) is 0. The summed E-state index contributed by atoms with van der Waals surface area (Å²) in [5.41, 5.74) is 0.745. The summed E-state index contributed by atoms with van der Waals surface area (Å²) < 4.78 is 0. The van der Waals surface area contributed by atoms with Crippen LogP contribution in [0.1, 0.15) is 32.6 Å². The fourth-order valence-electron chi connectivity index (χ4n) is 2.27. The highest BCUT2D eigenvalue weighted by molar-refractivity contribution is 5.08. The van der Waals surface area contributed by atoms with E-state index in [4.69, 9.17) is 0 Å². The molecule has 0 aromatic rings. The molecule has 9 heavy (non-hydrogen) atoms.